The van der Waals surface area contributed by atoms with Crippen molar-refractivity contribution >= 4 is 27.5 Å². The number of rotatable bonds is 5. The number of hydrogen-bond donors (Lipinski definition) is 0. The number of carbonyl (C=O) groups excluding carboxylic acids is 1. The first-order valence-corrected chi connectivity index (χ1v) is 8.06. The Balaban J connectivity index is 2.11. The van der Waals surface area contributed by atoms with E-state index in [0.717, 1.165) is 16.0 Å². The van der Waals surface area contributed by atoms with Crippen LogP contribution in [0.15, 0.2) is 41.8 Å². The molecule has 7 nitrogen and oxygen atoms in total. The second-order valence-corrected chi connectivity index (χ2v) is 5.88. The van der Waals surface area contributed by atoms with Crippen molar-refractivity contribution in [2.45, 2.75) is 6.54 Å². The Labute approximate surface area is 142 Å². The van der Waals surface area contributed by atoms with Gasteiger partial charge in [0.2, 0.25) is 0 Å². The number of thiazole rings is 1. The predicted molar refractivity (Wildman–Crippen MR) is 90.2 cm³/mol. The maximum atomic E-state index is 12.3. The summed E-state index contributed by atoms with van der Waals surface area (Å²) in [4.78, 5) is 25.0. The van der Waals surface area contributed by atoms with Gasteiger partial charge in [0.1, 0.15) is 11.4 Å². The standard InChI is InChI=1S/C16H16N4O3S/c1-22-8-7-20-13-4-3-11(23-2)9-14(13)24-16(20)19-15(21)12-10-17-5-6-18-12/h3-6,9-10H,7-8H2,1-2H3. The highest BCUT2D eigenvalue weighted by Gasteiger charge is 2.11. The van der Waals surface area contributed by atoms with Gasteiger partial charge in [-0.25, -0.2) is 4.98 Å². The first-order valence-electron chi connectivity index (χ1n) is 7.24. The average molecular weight is 344 g/mol. The van der Waals surface area contributed by atoms with E-state index in [9.17, 15) is 4.79 Å². The van der Waals surface area contributed by atoms with Crippen LogP contribution in [0, 0.1) is 0 Å². The SMILES string of the molecule is COCCn1c(=NC(=O)c2cnccn2)sc2cc(OC)ccc21. The number of hydrogen-bond acceptors (Lipinski definition) is 6. The Bertz CT molecular complexity index is 918. The van der Waals surface area contributed by atoms with Crippen LogP contribution in [0.3, 0.4) is 0 Å². The molecule has 1 amide bonds. The van der Waals surface area contributed by atoms with Crippen molar-refractivity contribution in [1.82, 2.24) is 14.5 Å². The fourth-order valence-electron chi connectivity index (χ4n) is 2.22. The first kappa shape index (κ1) is 16.3. The normalized spacial score (nSPS) is 11.8. The molecule has 0 aliphatic rings. The van der Waals surface area contributed by atoms with Gasteiger partial charge >= 0.3 is 0 Å². The Morgan fingerprint density at radius 1 is 1.33 bits per heavy atom. The van der Waals surface area contributed by atoms with Crippen molar-refractivity contribution in [1.29, 1.82) is 0 Å². The monoisotopic (exact) mass is 344 g/mol. The molecular weight excluding hydrogens is 328 g/mol. The zero-order chi connectivity index (χ0) is 16.9. The number of methoxy groups -OCH3 is 2. The van der Waals surface area contributed by atoms with E-state index >= 15 is 0 Å². The van der Waals surface area contributed by atoms with Crippen molar-refractivity contribution < 1.29 is 14.3 Å². The van der Waals surface area contributed by atoms with Crippen molar-refractivity contribution in [3.8, 4) is 5.75 Å². The van der Waals surface area contributed by atoms with Gasteiger partial charge in [-0.05, 0) is 18.2 Å². The summed E-state index contributed by atoms with van der Waals surface area (Å²) >= 11 is 1.42. The van der Waals surface area contributed by atoms with Gasteiger partial charge in [0.25, 0.3) is 5.91 Å². The molecule has 24 heavy (non-hydrogen) atoms. The summed E-state index contributed by atoms with van der Waals surface area (Å²) in [5.41, 5.74) is 1.19. The number of nitrogens with zero attached hydrogens (tertiary/aromatic N) is 4. The third-order valence-corrected chi connectivity index (χ3v) is 4.43. The summed E-state index contributed by atoms with van der Waals surface area (Å²) in [5, 5.41) is 0. The lowest BCUT2D eigenvalue weighted by atomic mass is 10.3. The first-order chi connectivity index (χ1) is 11.7. The second-order valence-electron chi connectivity index (χ2n) is 4.87. The zero-order valence-electron chi connectivity index (χ0n) is 13.3. The zero-order valence-corrected chi connectivity index (χ0v) is 14.1. The summed E-state index contributed by atoms with van der Waals surface area (Å²) in [7, 11) is 3.26. The summed E-state index contributed by atoms with van der Waals surface area (Å²) in [6.45, 7) is 1.11. The van der Waals surface area contributed by atoms with Crippen molar-refractivity contribution in [3.63, 3.8) is 0 Å². The van der Waals surface area contributed by atoms with Crippen molar-refractivity contribution in [2.24, 2.45) is 4.99 Å². The highest BCUT2D eigenvalue weighted by molar-refractivity contribution is 7.16. The highest BCUT2D eigenvalue weighted by Crippen LogP contribution is 2.23. The highest BCUT2D eigenvalue weighted by atomic mass is 32.1. The Morgan fingerprint density at radius 3 is 2.92 bits per heavy atom. The van der Waals surface area contributed by atoms with Gasteiger partial charge in [-0.2, -0.15) is 4.99 Å². The number of aromatic nitrogens is 3. The molecule has 0 radical (unpaired) electrons. The minimum atomic E-state index is -0.423. The lowest BCUT2D eigenvalue weighted by Crippen LogP contribution is -2.19. The summed E-state index contributed by atoms with van der Waals surface area (Å²) in [5.74, 6) is 0.335. The minimum Gasteiger partial charge on any atom is -0.497 e. The topological polar surface area (TPSA) is 78.6 Å². The molecule has 0 N–H and O–H groups in total. The molecule has 8 heteroatoms. The van der Waals surface area contributed by atoms with Gasteiger partial charge in [-0.3, -0.25) is 9.78 Å². The molecule has 0 bridgehead atoms. The van der Waals surface area contributed by atoms with E-state index in [2.05, 4.69) is 15.0 Å². The third kappa shape index (κ3) is 3.34. The molecule has 0 aliphatic heterocycles. The van der Waals surface area contributed by atoms with Crippen molar-refractivity contribution in [2.75, 3.05) is 20.8 Å². The van der Waals surface area contributed by atoms with Crippen LogP contribution in [0.2, 0.25) is 0 Å². The molecule has 0 saturated heterocycles. The number of benzene rings is 1. The number of carbonyl (C=O) groups is 1. The van der Waals surface area contributed by atoms with Crippen LogP contribution in [-0.2, 0) is 11.3 Å². The number of ether oxygens (including phenoxy) is 2. The maximum Gasteiger partial charge on any atom is 0.299 e. The average Bonchev–Trinajstić information content (AvgIpc) is 2.96. The minimum absolute atomic E-state index is 0.214. The molecule has 2 aromatic heterocycles. The summed E-state index contributed by atoms with van der Waals surface area (Å²) in [6.07, 6.45) is 4.39. The van der Waals surface area contributed by atoms with Crippen molar-refractivity contribution in [3.05, 3.63) is 47.3 Å². The molecule has 0 aliphatic carbocycles. The molecule has 2 heterocycles. The molecule has 124 valence electrons. The van der Waals surface area contributed by atoms with E-state index in [-0.39, 0.29) is 5.69 Å². The van der Waals surface area contributed by atoms with E-state index in [0.29, 0.717) is 18.0 Å². The van der Waals surface area contributed by atoms with Crippen LogP contribution >= 0.6 is 11.3 Å². The molecule has 0 spiro atoms. The fraction of sp³-hybridized carbons (Fsp3) is 0.250. The molecule has 0 saturated carbocycles. The van der Waals surface area contributed by atoms with E-state index in [1.54, 1.807) is 14.2 Å². The smallest absolute Gasteiger partial charge is 0.299 e. The van der Waals surface area contributed by atoms with Crippen LogP contribution in [0.4, 0.5) is 0 Å². The molecule has 3 aromatic rings. The van der Waals surface area contributed by atoms with E-state index in [4.69, 9.17) is 9.47 Å². The fourth-order valence-corrected chi connectivity index (χ4v) is 3.30. The molecule has 0 unspecified atom stereocenters. The molecule has 0 fully saturated rings. The van der Waals surface area contributed by atoms with E-state index < -0.39 is 5.91 Å². The van der Waals surface area contributed by atoms with Gasteiger partial charge < -0.3 is 14.0 Å². The van der Waals surface area contributed by atoms with Gasteiger partial charge in [0.15, 0.2) is 4.80 Å². The predicted octanol–water partition coefficient (Wildman–Crippen LogP) is 1.89. The van der Waals surface area contributed by atoms with Crippen LogP contribution in [-0.4, -0.2) is 41.3 Å². The van der Waals surface area contributed by atoms with Gasteiger partial charge in [0, 0.05) is 26.0 Å². The maximum absolute atomic E-state index is 12.3. The Morgan fingerprint density at radius 2 is 2.21 bits per heavy atom. The molecular formula is C16H16N4O3S. The number of fused-ring (bicyclic) bond motifs is 1. The van der Waals surface area contributed by atoms with Crippen LogP contribution in [0.1, 0.15) is 10.5 Å². The largest absolute Gasteiger partial charge is 0.497 e. The molecule has 3 rings (SSSR count). The Kier molecular flexibility index (Phi) is 4.97. The van der Waals surface area contributed by atoms with Crippen LogP contribution in [0.25, 0.3) is 10.2 Å². The van der Waals surface area contributed by atoms with Crippen LogP contribution in [0.5, 0.6) is 5.75 Å². The molecule has 0 atom stereocenters. The third-order valence-electron chi connectivity index (χ3n) is 3.39. The lowest BCUT2D eigenvalue weighted by Gasteiger charge is -2.05. The summed E-state index contributed by atoms with van der Waals surface area (Å²) in [6, 6.07) is 5.76. The van der Waals surface area contributed by atoms with E-state index in [1.807, 2.05) is 22.8 Å². The molecule has 1 aromatic carbocycles. The number of amides is 1. The van der Waals surface area contributed by atoms with E-state index in [1.165, 1.54) is 29.9 Å². The van der Waals surface area contributed by atoms with Crippen LogP contribution < -0.4 is 9.54 Å². The van der Waals surface area contributed by atoms with Gasteiger partial charge in [-0.1, -0.05) is 11.3 Å². The van der Waals surface area contributed by atoms with Gasteiger partial charge in [0.05, 0.1) is 30.1 Å². The van der Waals surface area contributed by atoms with Gasteiger partial charge in [-0.15, -0.1) is 0 Å². The Hall–Kier alpha value is -2.58. The summed E-state index contributed by atoms with van der Waals surface area (Å²) < 4.78 is 13.4. The second kappa shape index (κ2) is 7.33. The quantitative estimate of drug-likeness (QED) is 0.706. The lowest BCUT2D eigenvalue weighted by molar-refractivity contribution is 0.0992.